The second kappa shape index (κ2) is 11.7. The lowest BCUT2D eigenvalue weighted by molar-refractivity contribution is -0.0391. The second-order valence-electron chi connectivity index (χ2n) is 14.1. The van der Waals surface area contributed by atoms with Crippen LogP contribution in [-0.2, 0) is 10.0 Å². The Morgan fingerprint density at radius 1 is 0.911 bits per heavy atom. The van der Waals surface area contributed by atoms with E-state index in [-0.39, 0.29) is 28.8 Å². The molecule has 5 fully saturated rings. The van der Waals surface area contributed by atoms with Gasteiger partial charge in [0.15, 0.2) is 0 Å². The van der Waals surface area contributed by atoms with E-state index in [0.29, 0.717) is 28.9 Å². The normalized spacial score (nSPS) is 27.0. The Kier molecular flexibility index (Phi) is 7.89. The van der Waals surface area contributed by atoms with Crippen molar-refractivity contribution in [2.45, 2.75) is 51.5 Å². The van der Waals surface area contributed by atoms with Gasteiger partial charge >= 0.3 is 0 Å². The number of nitrogens with zero attached hydrogens (tertiary/aromatic N) is 2. The van der Waals surface area contributed by atoms with Crippen molar-refractivity contribution >= 4 is 21.6 Å². The first-order chi connectivity index (χ1) is 21.5. The topological polar surface area (TPSA) is 89.9 Å². The zero-order valence-electron chi connectivity index (χ0n) is 25.8. The largest absolute Gasteiger partial charge is 0.508 e. The number of rotatable bonds is 8. The molecule has 1 amide bonds. The Labute approximate surface area is 265 Å². The molecule has 5 aliphatic rings. The summed E-state index contributed by atoms with van der Waals surface area (Å²) < 4.78 is 43.9. The summed E-state index contributed by atoms with van der Waals surface area (Å²) in [6.07, 6.45) is 6.70. The predicted octanol–water partition coefficient (Wildman–Crippen LogP) is 6.36. The minimum atomic E-state index is -3.73. The van der Waals surface area contributed by atoms with Crippen molar-refractivity contribution in [3.05, 3.63) is 83.7 Å². The molecular formula is C36H42FN3O4S. The number of phenols is 1. The molecular weight excluding hydrogens is 589 g/mol. The fraction of sp³-hybridized carbons (Fsp3) is 0.472. The molecule has 9 heteroatoms. The number of carbonyl (C=O) groups is 1. The van der Waals surface area contributed by atoms with Crippen LogP contribution in [-0.4, -0.2) is 56.3 Å². The van der Waals surface area contributed by atoms with Gasteiger partial charge in [-0.15, -0.1) is 0 Å². The third-order valence-electron chi connectivity index (χ3n) is 10.9. The first-order valence-electron chi connectivity index (χ1n) is 16.3. The summed E-state index contributed by atoms with van der Waals surface area (Å²) in [7, 11) is -3.73. The molecule has 2 N–H and O–H groups in total. The van der Waals surface area contributed by atoms with E-state index in [0.717, 1.165) is 62.3 Å². The molecule has 0 aromatic heterocycles. The zero-order chi connectivity index (χ0) is 31.3. The van der Waals surface area contributed by atoms with Gasteiger partial charge in [0.1, 0.15) is 11.6 Å². The van der Waals surface area contributed by atoms with Gasteiger partial charge in [-0.25, -0.2) is 17.5 Å². The van der Waals surface area contributed by atoms with Crippen molar-refractivity contribution in [2.75, 3.05) is 36.8 Å². The zero-order valence-corrected chi connectivity index (χ0v) is 26.6. The summed E-state index contributed by atoms with van der Waals surface area (Å²) in [5.74, 6) is 1.35. The van der Waals surface area contributed by atoms with Crippen LogP contribution in [0.2, 0.25) is 0 Å². The molecule has 238 valence electrons. The van der Waals surface area contributed by atoms with Gasteiger partial charge in [0.2, 0.25) is 10.0 Å². The molecule has 1 atom stereocenters. The first kappa shape index (κ1) is 30.2. The molecule has 1 heterocycles. The maximum Gasteiger partial charge on any atom is 0.264 e. The van der Waals surface area contributed by atoms with E-state index < -0.39 is 15.9 Å². The lowest BCUT2D eigenvalue weighted by Crippen LogP contribution is -2.51. The van der Waals surface area contributed by atoms with E-state index in [2.05, 4.69) is 14.5 Å². The first-order valence-corrected chi connectivity index (χ1v) is 17.9. The maximum absolute atomic E-state index is 15.2. The van der Waals surface area contributed by atoms with Gasteiger partial charge in [-0.2, -0.15) is 0 Å². The van der Waals surface area contributed by atoms with Crippen LogP contribution in [0, 0.1) is 29.0 Å². The van der Waals surface area contributed by atoms with E-state index >= 15 is 4.39 Å². The number of nitrogens with one attached hydrogen (secondary N) is 1. The van der Waals surface area contributed by atoms with E-state index in [1.54, 1.807) is 30.3 Å². The Morgan fingerprint density at radius 2 is 1.53 bits per heavy atom. The number of carbonyl (C=O) groups excluding carboxylic acids is 1. The van der Waals surface area contributed by atoms with Crippen LogP contribution >= 0.6 is 0 Å². The van der Waals surface area contributed by atoms with E-state index in [9.17, 15) is 18.3 Å². The summed E-state index contributed by atoms with van der Waals surface area (Å²) >= 11 is 0. The summed E-state index contributed by atoms with van der Waals surface area (Å²) in [6.45, 7) is 5.02. The highest BCUT2D eigenvalue weighted by atomic mass is 32.2. The van der Waals surface area contributed by atoms with Gasteiger partial charge in [0, 0.05) is 49.0 Å². The molecule has 4 saturated carbocycles. The Balaban J connectivity index is 0.934. The van der Waals surface area contributed by atoms with Gasteiger partial charge in [-0.05, 0) is 122 Å². The average Bonchev–Trinajstić information content (AvgIpc) is 2.99. The summed E-state index contributed by atoms with van der Waals surface area (Å²) in [6, 6.07) is 19.1. The predicted molar refractivity (Wildman–Crippen MR) is 174 cm³/mol. The Bertz CT molecular complexity index is 1650. The third-order valence-corrected chi connectivity index (χ3v) is 12.4. The monoisotopic (exact) mass is 631 g/mol. The number of amides is 1. The van der Waals surface area contributed by atoms with Gasteiger partial charge in [0.25, 0.3) is 5.91 Å². The molecule has 7 nitrogen and oxygen atoms in total. The molecule has 3 aromatic carbocycles. The maximum atomic E-state index is 15.2. The summed E-state index contributed by atoms with van der Waals surface area (Å²) in [4.78, 5) is 17.5. The minimum Gasteiger partial charge on any atom is -0.508 e. The number of benzene rings is 3. The van der Waals surface area contributed by atoms with Crippen LogP contribution in [0.4, 0.5) is 10.1 Å². The molecule has 3 aromatic rings. The van der Waals surface area contributed by atoms with Crippen LogP contribution in [0.5, 0.6) is 5.75 Å². The van der Waals surface area contributed by atoms with Crippen molar-refractivity contribution < 1.29 is 22.7 Å². The fourth-order valence-electron chi connectivity index (χ4n) is 9.22. The highest BCUT2D eigenvalue weighted by Gasteiger charge is 2.52. The van der Waals surface area contributed by atoms with E-state index in [4.69, 9.17) is 0 Å². The van der Waals surface area contributed by atoms with Gasteiger partial charge in [0.05, 0.1) is 5.75 Å². The summed E-state index contributed by atoms with van der Waals surface area (Å²) in [5, 5.41) is 9.78. The van der Waals surface area contributed by atoms with Crippen LogP contribution in [0.3, 0.4) is 0 Å². The van der Waals surface area contributed by atoms with Gasteiger partial charge in [-0.1, -0.05) is 24.3 Å². The number of phenolic OH excluding ortho intramolecular Hbond substituents is 1. The average molecular weight is 632 g/mol. The molecule has 8 rings (SSSR count). The molecule has 0 radical (unpaired) electrons. The van der Waals surface area contributed by atoms with Crippen LogP contribution in [0.25, 0.3) is 11.1 Å². The van der Waals surface area contributed by atoms with E-state index in [1.807, 2.05) is 37.3 Å². The Morgan fingerprint density at radius 3 is 2.13 bits per heavy atom. The second-order valence-corrected chi connectivity index (χ2v) is 15.9. The SMILES string of the molecule is CC(c1ccc(-c2cccc(O)c2)cc1F)N1CCN(c2ccc(C(=O)NS(=O)(=O)CC34CC5CC(CC(C5)C3)C4)cc2)CC1. The fourth-order valence-corrected chi connectivity index (χ4v) is 10.9. The van der Waals surface area contributed by atoms with Crippen LogP contribution in [0.1, 0.15) is 67.4 Å². The van der Waals surface area contributed by atoms with Crippen LogP contribution < -0.4 is 9.62 Å². The number of anilines is 1. The van der Waals surface area contributed by atoms with Crippen molar-refractivity contribution in [3.8, 4) is 16.9 Å². The lowest BCUT2D eigenvalue weighted by atomic mass is 9.50. The minimum absolute atomic E-state index is 0.0572. The van der Waals surface area contributed by atoms with Crippen molar-refractivity contribution in [3.63, 3.8) is 0 Å². The highest BCUT2D eigenvalue weighted by Crippen LogP contribution is 2.60. The number of hydrogen-bond donors (Lipinski definition) is 2. The number of hydrogen-bond acceptors (Lipinski definition) is 6. The third kappa shape index (κ3) is 6.34. The molecule has 1 aliphatic heterocycles. The van der Waals surface area contributed by atoms with Gasteiger partial charge < -0.3 is 10.0 Å². The number of aromatic hydroxyl groups is 1. The molecule has 4 aliphatic carbocycles. The standard InChI is InChI=1S/C36H42FN3O4S/c1-24(33-10-7-30(19-34(33)37)29-3-2-4-32(41)18-29)39-11-13-40(14-12-39)31-8-5-28(6-9-31)35(42)38-45(43,44)23-36-20-25-15-26(21-36)17-27(16-25)22-36/h2-10,18-19,24-27,41H,11-17,20-23H2,1H3,(H,38,42). The smallest absolute Gasteiger partial charge is 0.264 e. The molecule has 0 spiro atoms. The van der Waals surface area contributed by atoms with Crippen molar-refractivity contribution in [1.82, 2.24) is 9.62 Å². The highest BCUT2D eigenvalue weighted by molar-refractivity contribution is 7.90. The van der Waals surface area contributed by atoms with Crippen molar-refractivity contribution in [2.24, 2.45) is 23.2 Å². The van der Waals surface area contributed by atoms with Gasteiger partial charge in [-0.3, -0.25) is 9.69 Å². The van der Waals surface area contributed by atoms with Crippen molar-refractivity contribution in [1.29, 1.82) is 0 Å². The van der Waals surface area contributed by atoms with Crippen LogP contribution in [0.15, 0.2) is 66.7 Å². The lowest BCUT2D eigenvalue weighted by Gasteiger charge is -2.56. The molecule has 1 unspecified atom stereocenters. The van der Waals surface area contributed by atoms with E-state index in [1.165, 1.54) is 25.3 Å². The molecule has 4 bridgehead atoms. The Hall–Kier alpha value is -3.43. The molecule has 45 heavy (non-hydrogen) atoms. The summed E-state index contributed by atoms with van der Waals surface area (Å²) in [5.41, 5.74) is 3.28. The number of piperazine rings is 1. The quantitative estimate of drug-likeness (QED) is 0.301. The number of sulfonamides is 1. The number of halogens is 1. The molecule has 1 saturated heterocycles.